The van der Waals surface area contributed by atoms with Crippen LogP contribution >= 0.6 is 0 Å². The number of phenols is 1. The first-order valence-electron chi connectivity index (χ1n) is 8.88. The zero-order valence-electron chi connectivity index (χ0n) is 16.8. The van der Waals surface area contributed by atoms with E-state index in [0.29, 0.717) is 52.6 Å². The first-order valence-corrected chi connectivity index (χ1v) is 8.88. The van der Waals surface area contributed by atoms with Gasteiger partial charge in [0.05, 0.1) is 37.8 Å². The van der Waals surface area contributed by atoms with Crippen LogP contribution in [0.4, 0.5) is 11.4 Å². The monoisotopic (exact) mass is 370 g/mol. The molecule has 7 heteroatoms. The molecule has 1 aromatic rings. The summed E-state index contributed by atoms with van der Waals surface area (Å²) in [7, 11) is 6.70. The van der Waals surface area contributed by atoms with Crippen LogP contribution in [0, 0.1) is 6.92 Å². The van der Waals surface area contributed by atoms with Crippen molar-refractivity contribution >= 4 is 11.4 Å². The third kappa shape index (κ3) is 6.99. The van der Waals surface area contributed by atoms with Gasteiger partial charge in [-0.15, -0.1) is 0 Å². The van der Waals surface area contributed by atoms with Crippen molar-refractivity contribution in [3.63, 3.8) is 0 Å². The zero-order chi connectivity index (χ0) is 19.4. The van der Waals surface area contributed by atoms with E-state index in [1.165, 1.54) is 0 Å². The number of rotatable bonds is 14. The maximum Gasteiger partial charge on any atom is 0.162 e. The van der Waals surface area contributed by atoms with Crippen LogP contribution in [0.5, 0.6) is 5.75 Å². The lowest BCUT2D eigenvalue weighted by molar-refractivity contribution is 0.189. The second-order valence-electron chi connectivity index (χ2n) is 6.10. The third-order valence-electron chi connectivity index (χ3n) is 4.16. The molecular formula is C19H34N2O5. The molecule has 0 aliphatic rings. The van der Waals surface area contributed by atoms with Crippen molar-refractivity contribution in [1.82, 2.24) is 0 Å². The van der Waals surface area contributed by atoms with E-state index >= 15 is 0 Å². The Morgan fingerprint density at radius 1 is 0.692 bits per heavy atom. The van der Waals surface area contributed by atoms with E-state index in [1.807, 2.05) is 19.1 Å². The van der Waals surface area contributed by atoms with Crippen molar-refractivity contribution in [1.29, 1.82) is 0 Å². The van der Waals surface area contributed by atoms with Crippen LogP contribution in [-0.2, 0) is 18.9 Å². The van der Waals surface area contributed by atoms with Crippen molar-refractivity contribution in [2.24, 2.45) is 0 Å². The maximum absolute atomic E-state index is 11.0. The second-order valence-corrected chi connectivity index (χ2v) is 6.10. The van der Waals surface area contributed by atoms with Gasteiger partial charge < -0.3 is 33.9 Å². The largest absolute Gasteiger partial charge is 0.504 e. The van der Waals surface area contributed by atoms with Crippen LogP contribution in [0.2, 0.25) is 0 Å². The van der Waals surface area contributed by atoms with Gasteiger partial charge in [0, 0.05) is 54.6 Å². The lowest BCUT2D eigenvalue weighted by Crippen LogP contribution is -2.33. The molecule has 150 valence electrons. The maximum atomic E-state index is 11.0. The Morgan fingerprint density at radius 2 is 1.00 bits per heavy atom. The highest BCUT2D eigenvalue weighted by molar-refractivity contribution is 5.74. The highest BCUT2D eigenvalue weighted by Crippen LogP contribution is 2.38. The minimum Gasteiger partial charge on any atom is -0.504 e. The second kappa shape index (κ2) is 12.8. The fourth-order valence-electron chi connectivity index (χ4n) is 2.73. The van der Waals surface area contributed by atoms with Crippen LogP contribution < -0.4 is 9.80 Å². The summed E-state index contributed by atoms with van der Waals surface area (Å²) in [6.07, 6.45) is 0. The van der Waals surface area contributed by atoms with E-state index in [4.69, 9.17) is 18.9 Å². The summed E-state index contributed by atoms with van der Waals surface area (Å²) >= 11 is 0. The Morgan fingerprint density at radius 3 is 1.27 bits per heavy atom. The average molecular weight is 370 g/mol. The molecule has 0 saturated heterocycles. The number of phenolic OH excluding ortho intramolecular Hbond substituents is 1. The van der Waals surface area contributed by atoms with Gasteiger partial charge >= 0.3 is 0 Å². The summed E-state index contributed by atoms with van der Waals surface area (Å²) in [5, 5.41) is 11.0. The van der Waals surface area contributed by atoms with Crippen molar-refractivity contribution < 1.29 is 24.1 Å². The smallest absolute Gasteiger partial charge is 0.162 e. The molecule has 0 aromatic heterocycles. The number of anilines is 2. The van der Waals surface area contributed by atoms with E-state index in [1.54, 1.807) is 28.4 Å². The molecule has 26 heavy (non-hydrogen) atoms. The van der Waals surface area contributed by atoms with Gasteiger partial charge in [-0.3, -0.25) is 0 Å². The van der Waals surface area contributed by atoms with Crippen LogP contribution in [0.3, 0.4) is 0 Å². The molecule has 0 unspecified atom stereocenters. The van der Waals surface area contributed by atoms with E-state index in [9.17, 15) is 5.11 Å². The molecule has 1 N–H and O–H groups in total. The fourth-order valence-corrected chi connectivity index (χ4v) is 2.73. The highest BCUT2D eigenvalue weighted by atomic mass is 16.5. The normalized spacial score (nSPS) is 11.0. The van der Waals surface area contributed by atoms with Crippen molar-refractivity contribution in [3.05, 3.63) is 17.7 Å². The minimum atomic E-state index is 0.259. The van der Waals surface area contributed by atoms with Gasteiger partial charge in [0.2, 0.25) is 0 Å². The number of methoxy groups -OCH3 is 4. The molecule has 0 atom stereocenters. The molecule has 0 heterocycles. The number of ether oxygens (including phenoxy) is 4. The lowest BCUT2D eigenvalue weighted by atomic mass is 10.1. The van der Waals surface area contributed by atoms with Gasteiger partial charge in [0.1, 0.15) is 0 Å². The zero-order valence-corrected chi connectivity index (χ0v) is 16.8. The van der Waals surface area contributed by atoms with Crippen molar-refractivity contribution in [2.75, 3.05) is 90.8 Å². The number of aromatic hydroxyl groups is 1. The van der Waals surface area contributed by atoms with Crippen molar-refractivity contribution in [3.8, 4) is 5.75 Å². The minimum absolute atomic E-state index is 0.259. The van der Waals surface area contributed by atoms with Gasteiger partial charge in [-0.25, -0.2) is 0 Å². The van der Waals surface area contributed by atoms with E-state index < -0.39 is 0 Å². The quantitative estimate of drug-likeness (QED) is 0.537. The van der Waals surface area contributed by atoms with Crippen LogP contribution in [-0.4, -0.2) is 86.2 Å². The van der Waals surface area contributed by atoms with E-state index in [-0.39, 0.29) is 5.75 Å². The van der Waals surface area contributed by atoms with Crippen LogP contribution in [0.1, 0.15) is 5.56 Å². The molecule has 1 aromatic carbocycles. The summed E-state index contributed by atoms with van der Waals surface area (Å²) in [4.78, 5) is 4.17. The van der Waals surface area contributed by atoms with E-state index in [2.05, 4.69) is 9.80 Å². The predicted octanol–water partition coefficient (Wildman–Crippen LogP) is 1.90. The molecule has 0 bridgehead atoms. The molecule has 0 spiro atoms. The fraction of sp³-hybridized carbons (Fsp3) is 0.684. The standard InChI is InChI=1S/C19H34N2O5/c1-16-14-17(20(6-10-23-2)7-11-24-3)19(22)18(15-16)21(8-12-25-4)9-13-26-5/h14-15,22H,6-13H2,1-5H3. The van der Waals surface area contributed by atoms with E-state index in [0.717, 1.165) is 16.9 Å². The SMILES string of the molecule is COCCN(CCOC)c1cc(C)cc(N(CCOC)CCOC)c1O. The molecule has 0 aliphatic carbocycles. The number of hydrogen-bond acceptors (Lipinski definition) is 7. The summed E-state index contributed by atoms with van der Waals surface area (Å²) in [6.45, 7) is 7.01. The molecule has 0 amide bonds. The summed E-state index contributed by atoms with van der Waals surface area (Å²) < 4.78 is 20.9. The summed E-state index contributed by atoms with van der Waals surface area (Å²) in [5.74, 6) is 0.259. The third-order valence-corrected chi connectivity index (χ3v) is 4.16. The first kappa shape index (κ1) is 22.5. The summed E-state index contributed by atoms with van der Waals surface area (Å²) in [6, 6.07) is 3.99. The number of hydrogen-bond donors (Lipinski definition) is 1. The molecule has 7 nitrogen and oxygen atoms in total. The van der Waals surface area contributed by atoms with Gasteiger partial charge in [0.25, 0.3) is 0 Å². The Kier molecular flexibility index (Phi) is 11.0. The summed E-state index contributed by atoms with van der Waals surface area (Å²) in [5.41, 5.74) is 2.65. The highest BCUT2D eigenvalue weighted by Gasteiger charge is 2.19. The topological polar surface area (TPSA) is 63.6 Å². The van der Waals surface area contributed by atoms with Crippen LogP contribution in [0.15, 0.2) is 12.1 Å². The number of benzene rings is 1. The molecule has 1 rings (SSSR count). The average Bonchev–Trinajstić information content (AvgIpc) is 2.64. The van der Waals surface area contributed by atoms with Gasteiger partial charge in [-0.2, -0.15) is 0 Å². The Bertz CT molecular complexity index is 456. The number of nitrogens with zero attached hydrogens (tertiary/aromatic N) is 2. The van der Waals surface area contributed by atoms with Gasteiger partial charge in [-0.05, 0) is 24.6 Å². The van der Waals surface area contributed by atoms with Crippen molar-refractivity contribution in [2.45, 2.75) is 6.92 Å². The predicted molar refractivity (Wildman–Crippen MR) is 105 cm³/mol. The van der Waals surface area contributed by atoms with Crippen LogP contribution in [0.25, 0.3) is 0 Å². The first-order chi connectivity index (χ1) is 12.6. The van der Waals surface area contributed by atoms with Gasteiger partial charge in [-0.1, -0.05) is 0 Å². The molecule has 0 radical (unpaired) electrons. The Labute approximate surface area is 157 Å². The molecular weight excluding hydrogens is 336 g/mol. The lowest BCUT2D eigenvalue weighted by Gasteiger charge is -2.30. The molecule has 0 saturated carbocycles. The Balaban J connectivity index is 3.18. The molecule has 0 fully saturated rings. The van der Waals surface area contributed by atoms with Gasteiger partial charge in [0.15, 0.2) is 5.75 Å². The number of aryl methyl sites for hydroxylation is 1. The molecule has 0 aliphatic heterocycles. The Hall–Kier alpha value is -1.54.